The van der Waals surface area contributed by atoms with Crippen LogP contribution in [0.5, 0.6) is 0 Å². The van der Waals surface area contributed by atoms with Crippen molar-refractivity contribution in [1.29, 1.82) is 0 Å². The quantitative estimate of drug-likeness (QED) is 0.749. The first-order valence-electron chi connectivity index (χ1n) is 6.93. The van der Waals surface area contributed by atoms with E-state index in [1.807, 2.05) is 17.5 Å². The van der Waals surface area contributed by atoms with E-state index in [4.69, 9.17) is 4.74 Å². The highest BCUT2D eigenvalue weighted by Gasteiger charge is 2.10. The van der Waals surface area contributed by atoms with E-state index >= 15 is 0 Å². The van der Waals surface area contributed by atoms with Crippen molar-refractivity contribution in [2.75, 3.05) is 13.2 Å². The van der Waals surface area contributed by atoms with E-state index < -0.39 is 5.97 Å². The van der Waals surface area contributed by atoms with Gasteiger partial charge in [0.05, 0.1) is 6.54 Å². The first kappa shape index (κ1) is 16.7. The molecular weight excluding hydrogens is 316 g/mol. The fraction of sp³-hybridized carbons (Fsp3) is 0.188. The second kappa shape index (κ2) is 8.70. The number of carbonyl (C=O) groups is 3. The molecule has 0 fully saturated rings. The molecule has 0 bridgehead atoms. The summed E-state index contributed by atoms with van der Waals surface area (Å²) in [6.07, 6.45) is 0. The molecule has 2 aromatic rings. The van der Waals surface area contributed by atoms with Crippen LogP contribution in [0.15, 0.2) is 47.8 Å². The van der Waals surface area contributed by atoms with Crippen molar-refractivity contribution >= 4 is 29.1 Å². The minimum atomic E-state index is -0.666. The average Bonchev–Trinajstić information content (AvgIpc) is 3.10. The molecular formula is C16H16N2O4S. The van der Waals surface area contributed by atoms with Gasteiger partial charge >= 0.3 is 5.97 Å². The van der Waals surface area contributed by atoms with Gasteiger partial charge in [0.1, 0.15) is 6.54 Å². The third kappa shape index (κ3) is 5.91. The summed E-state index contributed by atoms with van der Waals surface area (Å²) in [5, 5.41) is 6.98. The molecule has 6 nitrogen and oxygen atoms in total. The van der Waals surface area contributed by atoms with Gasteiger partial charge in [0.2, 0.25) is 0 Å². The van der Waals surface area contributed by atoms with Crippen LogP contribution in [-0.2, 0) is 20.9 Å². The van der Waals surface area contributed by atoms with Gasteiger partial charge < -0.3 is 15.4 Å². The Morgan fingerprint density at radius 3 is 2.48 bits per heavy atom. The second-order valence-electron chi connectivity index (χ2n) is 4.57. The molecule has 0 atom stereocenters. The topological polar surface area (TPSA) is 84.5 Å². The number of esters is 1. The predicted molar refractivity (Wildman–Crippen MR) is 85.9 cm³/mol. The number of ether oxygens (including phenoxy) is 1. The van der Waals surface area contributed by atoms with Gasteiger partial charge in [-0.3, -0.25) is 14.4 Å². The van der Waals surface area contributed by atoms with E-state index in [1.165, 1.54) is 11.3 Å². The number of nitrogens with one attached hydrogen (secondary N) is 2. The minimum Gasteiger partial charge on any atom is -0.454 e. The van der Waals surface area contributed by atoms with Crippen LogP contribution in [-0.4, -0.2) is 30.9 Å². The van der Waals surface area contributed by atoms with Crippen LogP contribution in [0.25, 0.3) is 0 Å². The van der Waals surface area contributed by atoms with Gasteiger partial charge in [-0.15, -0.1) is 11.3 Å². The smallest absolute Gasteiger partial charge is 0.325 e. The molecule has 2 rings (SSSR count). The summed E-state index contributed by atoms with van der Waals surface area (Å²) in [5.74, 6) is -1.42. The molecule has 1 aromatic heterocycles. The lowest BCUT2D eigenvalue weighted by atomic mass is 10.2. The first-order valence-corrected chi connectivity index (χ1v) is 7.81. The normalized spacial score (nSPS) is 9.91. The summed E-state index contributed by atoms with van der Waals surface area (Å²) in [5.41, 5.74) is 0.453. The standard InChI is InChI=1S/C16H16N2O4S/c19-14(17-9-13-7-4-8-23-13)11-22-15(20)10-18-16(21)12-5-2-1-3-6-12/h1-8H,9-11H2,(H,17,19)(H,18,21). The van der Waals surface area contributed by atoms with Gasteiger partial charge in [0.25, 0.3) is 11.8 Å². The van der Waals surface area contributed by atoms with Crippen LogP contribution >= 0.6 is 11.3 Å². The lowest BCUT2D eigenvalue weighted by Crippen LogP contribution is -2.33. The van der Waals surface area contributed by atoms with Gasteiger partial charge in [-0.25, -0.2) is 0 Å². The Labute approximate surface area is 137 Å². The van der Waals surface area contributed by atoms with Crippen LogP contribution in [0.4, 0.5) is 0 Å². The number of thiophene rings is 1. The second-order valence-corrected chi connectivity index (χ2v) is 5.60. The van der Waals surface area contributed by atoms with Gasteiger partial charge in [-0.2, -0.15) is 0 Å². The Balaban J connectivity index is 1.63. The molecule has 0 radical (unpaired) electrons. The lowest BCUT2D eigenvalue weighted by molar-refractivity contribution is -0.147. The Morgan fingerprint density at radius 2 is 1.78 bits per heavy atom. The fourth-order valence-electron chi connectivity index (χ4n) is 1.69. The van der Waals surface area contributed by atoms with Crippen LogP contribution in [0.1, 0.15) is 15.2 Å². The molecule has 0 aliphatic carbocycles. The van der Waals surface area contributed by atoms with E-state index in [2.05, 4.69) is 10.6 Å². The Morgan fingerprint density at radius 1 is 1.00 bits per heavy atom. The predicted octanol–water partition coefficient (Wildman–Crippen LogP) is 1.34. The Hall–Kier alpha value is -2.67. The molecule has 1 aromatic carbocycles. The van der Waals surface area contributed by atoms with Crippen molar-refractivity contribution < 1.29 is 19.1 Å². The van der Waals surface area contributed by atoms with Crippen molar-refractivity contribution in [3.05, 3.63) is 58.3 Å². The Kier molecular flexibility index (Phi) is 6.31. The maximum Gasteiger partial charge on any atom is 0.325 e. The number of benzene rings is 1. The lowest BCUT2D eigenvalue weighted by Gasteiger charge is -2.07. The zero-order chi connectivity index (χ0) is 16.5. The molecule has 0 saturated carbocycles. The van der Waals surface area contributed by atoms with Crippen molar-refractivity contribution in [2.45, 2.75) is 6.54 Å². The molecule has 23 heavy (non-hydrogen) atoms. The molecule has 7 heteroatoms. The molecule has 0 aliphatic rings. The van der Waals surface area contributed by atoms with Crippen LogP contribution in [0.2, 0.25) is 0 Å². The monoisotopic (exact) mass is 332 g/mol. The fourth-order valence-corrected chi connectivity index (χ4v) is 2.34. The van der Waals surface area contributed by atoms with Crippen LogP contribution in [0, 0.1) is 0 Å². The van der Waals surface area contributed by atoms with Gasteiger partial charge in [-0.05, 0) is 23.6 Å². The van der Waals surface area contributed by atoms with E-state index in [0.717, 1.165) is 4.88 Å². The maximum absolute atomic E-state index is 11.7. The van der Waals surface area contributed by atoms with Crippen LogP contribution < -0.4 is 10.6 Å². The zero-order valence-electron chi connectivity index (χ0n) is 12.3. The summed E-state index contributed by atoms with van der Waals surface area (Å²) in [7, 11) is 0. The highest BCUT2D eigenvalue weighted by atomic mass is 32.1. The first-order chi connectivity index (χ1) is 11.1. The zero-order valence-corrected chi connectivity index (χ0v) is 13.1. The summed E-state index contributed by atoms with van der Waals surface area (Å²) in [6.45, 7) is -0.254. The molecule has 120 valence electrons. The van der Waals surface area contributed by atoms with Gasteiger partial charge in [0.15, 0.2) is 6.61 Å². The summed E-state index contributed by atoms with van der Waals surface area (Å²) in [4.78, 5) is 35.8. The third-order valence-corrected chi connectivity index (χ3v) is 3.71. The number of rotatable bonds is 7. The molecule has 2 N–H and O–H groups in total. The summed E-state index contributed by atoms with van der Waals surface area (Å²) < 4.78 is 4.80. The van der Waals surface area contributed by atoms with Gasteiger partial charge in [-0.1, -0.05) is 24.3 Å². The largest absolute Gasteiger partial charge is 0.454 e. The molecule has 0 aliphatic heterocycles. The highest BCUT2D eigenvalue weighted by molar-refractivity contribution is 7.09. The van der Waals surface area contributed by atoms with E-state index in [-0.39, 0.29) is 25.0 Å². The summed E-state index contributed by atoms with van der Waals surface area (Å²) >= 11 is 1.53. The maximum atomic E-state index is 11.7. The molecule has 0 spiro atoms. The molecule has 1 heterocycles. The van der Waals surface area contributed by atoms with Crippen molar-refractivity contribution in [2.24, 2.45) is 0 Å². The van der Waals surface area contributed by atoms with Crippen molar-refractivity contribution in [3.8, 4) is 0 Å². The number of hydrogen-bond donors (Lipinski definition) is 2. The van der Waals surface area contributed by atoms with Gasteiger partial charge in [0, 0.05) is 10.4 Å². The highest BCUT2D eigenvalue weighted by Crippen LogP contribution is 2.07. The minimum absolute atomic E-state index is 0.286. The van der Waals surface area contributed by atoms with Crippen molar-refractivity contribution in [1.82, 2.24) is 10.6 Å². The van der Waals surface area contributed by atoms with E-state index in [9.17, 15) is 14.4 Å². The van der Waals surface area contributed by atoms with E-state index in [0.29, 0.717) is 12.1 Å². The third-order valence-electron chi connectivity index (χ3n) is 2.83. The van der Waals surface area contributed by atoms with Crippen molar-refractivity contribution in [3.63, 3.8) is 0 Å². The van der Waals surface area contributed by atoms with E-state index in [1.54, 1.807) is 30.3 Å². The molecule has 0 saturated heterocycles. The number of amides is 2. The average molecular weight is 332 g/mol. The summed E-state index contributed by atoms with van der Waals surface area (Å²) in [6, 6.07) is 12.3. The molecule has 2 amide bonds. The number of hydrogen-bond acceptors (Lipinski definition) is 5. The SMILES string of the molecule is O=C(COC(=O)CNC(=O)c1ccccc1)NCc1cccs1. The Bertz CT molecular complexity index is 656. The number of carbonyl (C=O) groups excluding carboxylic acids is 3. The molecule has 0 unspecified atom stereocenters. The van der Waals surface area contributed by atoms with Crippen LogP contribution in [0.3, 0.4) is 0 Å².